The molecule has 0 heterocycles. The molecule has 2 bridgehead atoms. The van der Waals surface area contributed by atoms with Crippen LogP contribution in [0.3, 0.4) is 0 Å². The molecule has 1 aromatic carbocycles. The Labute approximate surface area is 109 Å². The second kappa shape index (κ2) is 4.65. The topological polar surface area (TPSA) is 26.0 Å². The molecule has 0 aromatic heterocycles. The standard InChI is InChI=1S/C16H22FN/c1-10-6-14(17)4-5-15(10)16(18)9-13-8-11-2-3-12(13)7-11/h4-6,11-13,16H,2-3,7-9,18H2,1H3. The Balaban J connectivity index is 1.69. The van der Waals surface area contributed by atoms with Crippen LogP contribution in [0.2, 0.25) is 0 Å². The second-order valence-corrected chi connectivity index (χ2v) is 6.28. The zero-order chi connectivity index (χ0) is 12.7. The van der Waals surface area contributed by atoms with E-state index in [0.29, 0.717) is 0 Å². The van der Waals surface area contributed by atoms with Gasteiger partial charge in [-0.25, -0.2) is 4.39 Å². The van der Waals surface area contributed by atoms with Crippen LogP contribution in [-0.4, -0.2) is 0 Å². The Morgan fingerprint density at radius 1 is 1.33 bits per heavy atom. The highest BCUT2D eigenvalue weighted by Crippen LogP contribution is 2.50. The Bertz CT molecular complexity index is 443. The number of rotatable bonds is 3. The maximum atomic E-state index is 13.1. The van der Waals surface area contributed by atoms with E-state index in [2.05, 4.69) is 0 Å². The lowest BCUT2D eigenvalue weighted by atomic mass is 9.82. The van der Waals surface area contributed by atoms with E-state index in [-0.39, 0.29) is 11.9 Å². The minimum absolute atomic E-state index is 0.0787. The quantitative estimate of drug-likeness (QED) is 0.859. The summed E-state index contributed by atoms with van der Waals surface area (Å²) in [4.78, 5) is 0. The monoisotopic (exact) mass is 247 g/mol. The van der Waals surface area contributed by atoms with Gasteiger partial charge in [0.05, 0.1) is 0 Å². The van der Waals surface area contributed by atoms with Crippen LogP contribution in [0.5, 0.6) is 0 Å². The van der Waals surface area contributed by atoms with E-state index in [9.17, 15) is 4.39 Å². The smallest absolute Gasteiger partial charge is 0.123 e. The third-order valence-electron chi connectivity index (χ3n) is 5.07. The summed E-state index contributed by atoms with van der Waals surface area (Å²) in [6, 6.07) is 5.07. The maximum Gasteiger partial charge on any atom is 0.123 e. The van der Waals surface area contributed by atoms with Crippen LogP contribution in [0.4, 0.5) is 4.39 Å². The van der Waals surface area contributed by atoms with E-state index < -0.39 is 0 Å². The van der Waals surface area contributed by atoms with Crippen molar-refractivity contribution in [2.45, 2.75) is 45.1 Å². The van der Waals surface area contributed by atoms with Gasteiger partial charge in [0.2, 0.25) is 0 Å². The Hall–Kier alpha value is -0.890. The van der Waals surface area contributed by atoms with E-state index in [4.69, 9.17) is 5.73 Å². The maximum absolute atomic E-state index is 13.1. The molecule has 2 fully saturated rings. The lowest BCUT2D eigenvalue weighted by Gasteiger charge is -2.25. The molecular formula is C16H22FN. The first-order valence-electron chi connectivity index (χ1n) is 7.15. The van der Waals surface area contributed by atoms with Crippen molar-refractivity contribution in [2.75, 3.05) is 0 Å². The number of benzene rings is 1. The molecule has 2 aliphatic rings. The van der Waals surface area contributed by atoms with Crippen LogP contribution in [0.15, 0.2) is 18.2 Å². The van der Waals surface area contributed by atoms with Crippen LogP contribution in [0.25, 0.3) is 0 Å². The third-order valence-corrected chi connectivity index (χ3v) is 5.07. The molecule has 98 valence electrons. The van der Waals surface area contributed by atoms with Gasteiger partial charge in [-0.05, 0) is 73.6 Å². The summed E-state index contributed by atoms with van der Waals surface area (Å²) in [6.45, 7) is 1.96. The van der Waals surface area contributed by atoms with Gasteiger partial charge in [0, 0.05) is 6.04 Å². The van der Waals surface area contributed by atoms with Gasteiger partial charge in [-0.1, -0.05) is 12.5 Å². The van der Waals surface area contributed by atoms with Crippen molar-refractivity contribution < 1.29 is 4.39 Å². The van der Waals surface area contributed by atoms with Gasteiger partial charge in [-0.3, -0.25) is 0 Å². The normalized spacial score (nSPS) is 31.8. The van der Waals surface area contributed by atoms with Crippen LogP contribution in [-0.2, 0) is 0 Å². The van der Waals surface area contributed by atoms with Gasteiger partial charge in [-0.2, -0.15) is 0 Å². The zero-order valence-electron chi connectivity index (χ0n) is 11.0. The van der Waals surface area contributed by atoms with Crippen molar-refractivity contribution in [1.82, 2.24) is 0 Å². The molecular weight excluding hydrogens is 225 g/mol. The van der Waals surface area contributed by atoms with Crippen LogP contribution < -0.4 is 5.73 Å². The fraction of sp³-hybridized carbons (Fsp3) is 0.625. The van der Waals surface area contributed by atoms with Gasteiger partial charge < -0.3 is 5.73 Å². The van der Waals surface area contributed by atoms with Crippen molar-refractivity contribution in [3.8, 4) is 0 Å². The molecule has 0 saturated heterocycles. The van der Waals surface area contributed by atoms with Crippen LogP contribution in [0, 0.1) is 30.5 Å². The molecule has 0 spiro atoms. The lowest BCUT2D eigenvalue weighted by molar-refractivity contribution is 0.296. The molecule has 2 heteroatoms. The highest BCUT2D eigenvalue weighted by molar-refractivity contribution is 5.29. The first kappa shape index (κ1) is 12.2. The Morgan fingerprint density at radius 3 is 2.78 bits per heavy atom. The van der Waals surface area contributed by atoms with Gasteiger partial charge in [0.1, 0.15) is 5.82 Å². The highest BCUT2D eigenvalue weighted by atomic mass is 19.1. The molecule has 2 N–H and O–H groups in total. The van der Waals surface area contributed by atoms with Crippen molar-refractivity contribution in [2.24, 2.45) is 23.5 Å². The average molecular weight is 247 g/mol. The summed E-state index contributed by atoms with van der Waals surface area (Å²) in [6.07, 6.45) is 6.72. The van der Waals surface area contributed by atoms with Crippen molar-refractivity contribution in [3.63, 3.8) is 0 Å². The summed E-state index contributed by atoms with van der Waals surface area (Å²) >= 11 is 0. The van der Waals surface area contributed by atoms with Gasteiger partial charge in [-0.15, -0.1) is 0 Å². The SMILES string of the molecule is Cc1cc(F)ccc1C(N)CC1CC2CCC1C2. The third kappa shape index (κ3) is 2.18. The lowest BCUT2D eigenvalue weighted by Crippen LogP contribution is -2.20. The van der Waals surface area contributed by atoms with Gasteiger partial charge in [0.25, 0.3) is 0 Å². The fourth-order valence-electron chi connectivity index (χ4n) is 4.17. The van der Waals surface area contributed by atoms with Crippen molar-refractivity contribution in [1.29, 1.82) is 0 Å². The summed E-state index contributed by atoms with van der Waals surface area (Å²) in [5.41, 5.74) is 8.45. The summed E-state index contributed by atoms with van der Waals surface area (Å²) in [7, 11) is 0. The number of nitrogens with two attached hydrogens (primary N) is 1. The molecule has 3 rings (SSSR count). The summed E-state index contributed by atoms with van der Waals surface area (Å²) in [5.74, 6) is 2.54. The van der Waals surface area contributed by atoms with Crippen molar-refractivity contribution >= 4 is 0 Å². The van der Waals surface area contributed by atoms with E-state index in [1.807, 2.05) is 13.0 Å². The molecule has 1 nitrogen and oxygen atoms in total. The van der Waals surface area contributed by atoms with Crippen LogP contribution in [0.1, 0.15) is 49.3 Å². The average Bonchev–Trinajstić information content (AvgIpc) is 2.90. The van der Waals surface area contributed by atoms with Gasteiger partial charge in [0.15, 0.2) is 0 Å². The largest absolute Gasteiger partial charge is 0.324 e. The van der Waals surface area contributed by atoms with E-state index in [0.717, 1.165) is 35.3 Å². The first-order chi connectivity index (χ1) is 8.63. The molecule has 18 heavy (non-hydrogen) atoms. The predicted molar refractivity (Wildman–Crippen MR) is 71.6 cm³/mol. The first-order valence-corrected chi connectivity index (χ1v) is 7.15. The van der Waals surface area contributed by atoms with Crippen LogP contribution >= 0.6 is 0 Å². The number of aryl methyl sites for hydroxylation is 1. The highest BCUT2D eigenvalue weighted by Gasteiger charge is 2.39. The van der Waals surface area contributed by atoms with Crippen molar-refractivity contribution in [3.05, 3.63) is 35.1 Å². The minimum atomic E-state index is -0.164. The molecule has 4 unspecified atom stereocenters. The van der Waals surface area contributed by atoms with Gasteiger partial charge >= 0.3 is 0 Å². The number of fused-ring (bicyclic) bond motifs is 2. The second-order valence-electron chi connectivity index (χ2n) is 6.28. The molecule has 0 radical (unpaired) electrons. The predicted octanol–water partition coefficient (Wildman–Crippen LogP) is 3.96. The van der Waals surface area contributed by atoms with E-state index in [1.165, 1.54) is 31.7 Å². The Morgan fingerprint density at radius 2 is 2.17 bits per heavy atom. The fourth-order valence-corrected chi connectivity index (χ4v) is 4.17. The zero-order valence-corrected chi connectivity index (χ0v) is 11.0. The molecule has 0 aliphatic heterocycles. The molecule has 2 aliphatic carbocycles. The number of hydrogen-bond donors (Lipinski definition) is 1. The summed E-state index contributed by atoms with van der Waals surface area (Å²) < 4.78 is 13.1. The number of hydrogen-bond acceptors (Lipinski definition) is 1. The minimum Gasteiger partial charge on any atom is -0.324 e. The number of halogens is 1. The molecule has 2 saturated carbocycles. The Kier molecular flexibility index (Phi) is 3.14. The molecule has 1 aromatic rings. The molecule has 0 amide bonds. The van der Waals surface area contributed by atoms with E-state index >= 15 is 0 Å². The summed E-state index contributed by atoms with van der Waals surface area (Å²) in [5, 5.41) is 0. The molecule has 4 atom stereocenters. The van der Waals surface area contributed by atoms with E-state index in [1.54, 1.807) is 6.07 Å².